The Kier molecular flexibility index (Phi) is 4.20. The van der Waals surface area contributed by atoms with Gasteiger partial charge in [0.15, 0.2) is 0 Å². The lowest BCUT2D eigenvalue weighted by Crippen LogP contribution is -2.25. The van der Waals surface area contributed by atoms with Crippen LogP contribution in [0.15, 0.2) is 24.3 Å². The zero-order chi connectivity index (χ0) is 13.0. The molecular weight excluding hydrogens is 230 g/mol. The number of aliphatic hydroxyl groups is 1. The quantitative estimate of drug-likeness (QED) is 0.799. The maximum atomic E-state index is 11.7. The molecule has 0 aromatic heterocycles. The summed E-state index contributed by atoms with van der Waals surface area (Å²) in [5.41, 5.74) is 0.938. The summed E-state index contributed by atoms with van der Waals surface area (Å²) in [5.74, 6) is 1.55. The van der Waals surface area contributed by atoms with E-state index in [0.717, 1.165) is 17.7 Å². The summed E-state index contributed by atoms with van der Waals surface area (Å²) in [6.45, 7) is 2.82. The normalized spacial score (nSPS) is 21.4. The molecule has 1 aromatic carbocycles. The van der Waals surface area contributed by atoms with Crippen LogP contribution in [0.1, 0.15) is 18.9 Å². The van der Waals surface area contributed by atoms with Gasteiger partial charge in [0.25, 0.3) is 0 Å². The second-order valence-electron chi connectivity index (χ2n) is 4.72. The van der Waals surface area contributed by atoms with Crippen LogP contribution in [0.25, 0.3) is 0 Å². The largest absolute Gasteiger partial charge is 0.491 e. The average Bonchev–Trinajstić information content (AvgIpc) is 3.11. The van der Waals surface area contributed by atoms with Crippen molar-refractivity contribution in [2.45, 2.75) is 19.9 Å². The van der Waals surface area contributed by atoms with Gasteiger partial charge in [0, 0.05) is 18.0 Å². The molecular formula is C14H19NO3. The molecule has 1 amide bonds. The second-order valence-corrected chi connectivity index (χ2v) is 4.72. The number of rotatable bonds is 6. The van der Waals surface area contributed by atoms with Crippen LogP contribution >= 0.6 is 0 Å². The smallest absolute Gasteiger partial charge is 0.223 e. The number of ether oxygens (including phenoxy) is 1. The monoisotopic (exact) mass is 249 g/mol. The van der Waals surface area contributed by atoms with Gasteiger partial charge in [-0.2, -0.15) is 0 Å². The molecule has 4 nitrogen and oxygen atoms in total. The van der Waals surface area contributed by atoms with Gasteiger partial charge in [-0.25, -0.2) is 0 Å². The first kappa shape index (κ1) is 12.9. The Labute approximate surface area is 107 Å². The van der Waals surface area contributed by atoms with Crippen molar-refractivity contribution in [1.29, 1.82) is 0 Å². The van der Waals surface area contributed by atoms with E-state index >= 15 is 0 Å². The van der Waals surface area contributed by atoms with Gasteiger partial charge < -0.3 is 15.2 Å². The van der Waals surface area contributed by atoms with Gasteiger partial charge in [-0.1, -0.05) is 25.1 Å². The van der Waals surface area contributed by atoms with Crippen LogP contribution in [-0.2, 0) is 11.3 Å². The fourth-order valence-electron chi connectivity index (χ4n) is 1.95. The maximum Gasteiger partial charge on any atom is 0.223 e. The van der Waals surface area contributed by atoms with E-state index in [9.17, 15) is 4.79 Å². The predicted molar refractivity (Wildman–Crippen MR) is 68.1 cm³/mol. The van der Waals surface area contributed by atoms with Crippen LogP contribution in [0, 0.1) is 11.8 Å². The Morgan fingerprint density at radius 1 is 1.50 bits per heavy atom. The van der Waals surface area contributed by atoms with Gasteiger partial charge in [-0.05, 0) is 18.4 Å². The molecule has 98 valence electrons. The van der Waals surface area contributed by atoms with E-state index in [1.165, 1.54) is 0 Å². The second kappa shape index (κ2) is 5.87. The van der Waals surface area contributed by atoms with E-state index in [-0.39, 0.29) is 25.0 Å². The Morgan fingerprint density at radius 3 is 2.89 bits per heavy atom. The van der Waals surface area contributed by atoms with Crippen LogP contribution < -0.4 is 10.1 Å². The van der Waals surface area contributed by atoms with Gasteiger partial charge in [0.1, 0.15) is 12.4 Å². The number of carbonyl (C=O) groups is 1. The molecule has 1 fully saturated rings. The average molecular weight is 249 g/mol. The minimum absolute atomic E-state index is 0.0136. The Hall–Kier alpha value is -1.55. The molecule has 1 aliphatic carbocycles. The minimum Gasteiger partial charge on any atom is -0.491 e. The molecule has 1 aliphatic rings. The number of para-hydroxylation sites is 1. The third-order valence-corrected chi connectivity index (χ3v) is 3.22. The summed E-state index contributed by atoms with van der Waals surface area (Å²) in [4.78, 5) is 11.7. The van der Waals surface area contributed by atoms with Gasteiger partial charge in [0.2, 0.25) is 5.91 Å². The van der Waals surface area contributed by atoms with Crippen molar-refractivity contribution in [2.24, 2.45) is 11.8 Å². The van der Waals surface area contributed by atoms with E-state index in [4.69, 9.17) is 9.84 Å². The number of amides is 1. The SMILES string of the molecule is C[C@H]1C[C@H]1C(=O)NCc1ccccc1OCCO. The van der Waals surface area contributed by atoms with Crippen molar-refractivity contribution >= 4 is 5.91 Å². The van der Waals surface area contributed by atoms with Gasteiger partial charge in [-0.15, -0.1) is 0 Å². The molecule has 0 heterocycles. The molecule has 2 atom stereocenters. The minimum atomic E-state index is -0.0136. The third kappa shape index (κ3) is 3.23. The van der Waals surface area contributed by atoms with Crippen molar-refractivity contribution in [1.82, 2.24) is 5.32 Å². The lowest BCUT2D eigenvalue weighted by molar-refractivity contribution is -0.122. The summed E-state index contributed by atoms with van der Waals surface area (Å²) in [5, 5.41) is 11.7. The predicted octanol–water partition coefficient (Wildman–Crippen LogP) is 1.33. The summed E-state index contributed by atoms with van der Waals surface area (Å²) < 4.78 is 5.41. The molecule has 0 unspecified atom stereocenters. The van der Waals surface area contributed by atoms with E-state index in [0.29, 0.717) is 12.5 Å². The molecule has 0 bridgehead atoms. The molecule has 18 heavy (non-hydrogen) atoms. The molecule has 0 spiro atoms. The van der Waals surface area contributed by atoms with Crippen molar-refractivity contribution in [2.75, 3.05) is 13.2 Å². The van der Waals surface area contributed by atoms with Crippen molar-refractivity contribution in [3.63, 3.8) is 0 Å². The van der Waals surface area contributed by atoms with E-state index < -0.39 is 0 Å². The van der Waals surface area contributed by atoms with E-state index in [2.05, 4.69) is 12.2 Å². The number of benzene rings is 1. The van der Waals surface area contributed by atoms with E-state index in [1.807, 2.05) is 24.3 Å². The van der Waals surface area contributed by atoms with Crippen LogP contribution in [0.5, 0.6) is 5.75 Å². The number of carbonyl (C=O) groups excluding carboxylic acids is 1. The molecule has 0 saturated heterocycles. The van der Waals surface area contributed by atoms with Gasteiger partial charge in [-0.3, -0.25) is 4.79 Å². The van der Waals surface area contributed by atoms with Crippen molar-refractivity contribution in [3.05, 3.63) is 29.8 Å². The van der Waals surface area contributed by atoms with Crippen LogP contribution in [0.3, 0.4) is 0 Å². The highest BCUT2D eigenvalue weighted by Crippen LogP contribution is 2.37. The standard InChI is InChI=1S/C14H19NO3/c1-10-8-12(10)14(17)15-9-11-4-2-3-5-13(11)18-7-6-16/h2-5,10,12,16H,6-9H2,1H3,(H,15,17)/t10-,12+/m0/s1. The third-order valence-electron chi connectivity index (χ3n) is 3.22. The summed E-state index contributed by atoms with van der Waals surface area (Å²) >= 11 is 0. The molecule has 1 saturated carbocycles. The van der Waals surface area contributed by atoms with Crippen LogP contribution in [-0.4, -0.2) is 24.2 Å². The number of hydrogen-bond donors (Lipinski definition) is 2. The fraction of sp³-hybridized carbons (Fsp3) is 0.500. The number of nitrogens with one attached hydrogen (secondary N) is 1. The lowest BCUT2D eigenvalue weighted by Gasteiger charge is -2.11. The summed E-state index contributed by atoms with van der Waals surface area (Å²) in [6, 6.07) is 7.55. The maximum absolute atomic E-state index is 11.7. The van der Waals surface area contributed by atoms with Crippen LogP contribution in [0.4, 0.5) is 0 Å². The molecule has 1 aromatic rings. The number of aliphatic hydroxyl groups excluding tert-OH is 1. The first-order chi connectivity index (χ1) is 8.72. The molecule has 0 aliphatic heterocycles. The highest BCUT2D eigenvalue weighted by Gasteiger charge is 2.38. The lowest BCUT2D eigenvalue weighted by atomic mass is 10.2. The molecule has 0 radical (unpaired) electrons. The van der Waals surface area contributed by atoms with Gasteiger partial charge >= 0.3 is 0 Å². The Bertz CT molecular complexity index is 419. The van der Waals surface area contributed by atoms with Gasteiger partial charge in [0.05, 0.1) is 6.61 Å². The van der Waals surface area contributed by atoms with Crippen molar-refractivity contribution < 1.29 is 14.6 Å². The van der Waals surface area contributed by atoms with Crippen LogP contribution in [0.2, 0.25) is 0 Å². The highest BCUT2D eigenvalue weighted by molar-refractivity contribution is 5.81. The Balaban J connectivity index is 1.89. The highest BCUT2D eigenvalue weighted by atomic mass is 16.5. The summed E-state index contributed by atoms with van der Waals surface area (Å²) in [6.07, 6.45) is 0.995. The van der Waals surface area contributed by atoms with E-state index in [1.54, 1.807) is 0 Å². The first-order valence-corrected chi connectivity index (χ1v) is 6.31. The first-order valence-electron chi connectivity index (χ1n) is 6.31. The van der Waals surface area contributed by atoms with Crippen molar-refractivity contribution in [3.8, 4) is 5.75 Å². The summed E-state index contributed by atoms with van der Waals surface area (Å²) in [7, 11) is 0. The zero-order valence-electron chi connectivity index (χ0n) is 10.6. The molecule has 2 rings (SSSR count). The topological polar surface area (TPSA) is 58.6 Å². The molecule has 2 N–H and O–H groups in total. The molecule has 4 heteroatoms. The zero-order valence-corrected chi connectivity index (χ0v) is 10.6. The fourth-order valence-corrected chi connectivity index (χ4v) is 1.95. The number of hydrogen-bond acceptors (Lipinski definition) is 3. The Morgan fingerprint density at radius 2 is 2.22 bits per heavy atom.